The summed E-state index contributed by atoms with van der Waals surface area (Å²) in [7, 11) is 2.06. The van der Waals surface area contributed by atoms with Gasteiger partial charge in [0.1, 0.15) is 0 Å². The fraction of sp³-hybridized carbons (Fsp3) is 1.00. The molecule has 0 radical (unpaired) electrons. The molecule has 0 aromatic rings. The van der Waals surface area contributed by atoms with Crippen LogP contribution < -0.4 is 5.32 Å². The zero-order chi connectivity index (χ0) is 11.4. The maximum absolute atomic E-state index is 9.12. The van der Waals surface area contributed by atoms with Crippen molar-refractivity contribution in [1.82, 2.24) is 5.32 Å². The third-order valence-corrected chi connectivity index (χ3v) is 5.13. The molecule has 15 heavy (non-hydrogen) atoms. The van der Waals surface area contributed by atoms with Crippen molar-refractivity contribution >= 4 is 11.8 Å². The van der Waals surface area contributed by atoms with Gasteiger partial charge in [-0.25, -0.2) is 0 Å². The van der Waals surface area contributed by atoms with Crippen molar-refractivity contribution in [2.75, 3.05) is 13.7 Å². The standard InChI is InChI=1S/C12H25NOS/c1-8-5-9(2)12(11(6-8)13-4)15-10(3)7-14/h8-14H,5-7H2,1-4H3. The lowest BCUT2D eigenvalue weighted by atomic mass is 9.80. The van der Waals surface area contributed by atoms with Crippen molar-refractivity contribution in [1.29, 1.82) is 0 Å². The van der Waals surface area contributed by atoms with Gasteiger partial charge in [0.25, 0.3) is 0 Å². The topological polar surface area (TPSA) is 32.3 Å². The summed E-state index contributed by atoms with van der Waals surface area (Å²) in [6, 6.07) is 0.614. The molecule has 5 atom stereocenters. The third-order valence-electron chi connectivity index (χ3n) is 3.41. The molecule has 1 saturated carbocycles. The number of hydrogen-bond acceptors (Lipinski definition) is 3. The summed E-state index contributed by atoms with van der Waals surface area (Å²) in [4.78, 5) is 0. The van der Waals surface area contributed by atoms with E-state index in [1.165, 1.54) is 12.8 Å². The Morgan fingerprint density at radius 2 is 2.07 bits per heavy atom. The van der Waals surface area contributed by atoms with Gasteiger partial charge in [0.05, 0.1) is 6.61 Å². The van der Waals surface area contributed by atoms with Gasteiger partial charge in [-0.3, -0.25) is 0 Å². The summed E-state index contributed by atoms with van der Waals surface area (Å²) in [5.41, 5.74) is 0. The van der Waals surface area contributed by atoms with E-state index >= 15 is 0 Å². The molecule has 0 aliphatic heterocycles. The fourth-order valence-corrected chi connectivity index (χ4v) is 4.09. The molecule has 1 aliphatic carbocycles. The van der Waals surface area contributed by atoms with E-state index in [-0.39, 0.29) is 0 Å². The number of aliphatic hydroxyl groups is 1. The lowest BCUT2D eigenvalue weighted by molar-refractivity contribution is 0.254. The smallest absolute Gasteiger partial charge is 0.0547 e. The first kappa shape index (κ1) is 13.3. The Kier molecular flexibility index (Phi) is 5.44. The Hall–Kier alpha value is 0.270. The molecular weight excluding hydrogens is 206 g/mol. The molecule has 3 heteroatoms. The minimum Gasteiger partial charge on any atom is -0.395 e. The van der Waals surface area contributed by atoms with Crippen LogP contribution in [-0.4, -0.2) is 35.3 Å². The van der Waals surface area contributed by atoms with E-state index in [4.69, 9.17) is 5.11 Å². The van der Waals surface area contributed by atoms with Crippen molar-refractivity contribution < 1.29 is 5.11 Å². The van der Waals surface area contributed by atoms with Gasteiger partial charge in [-0.05, 0) is 31.7 Å². The zero-order valence-electron chi connectivity index (χ0n) is 10.4. The number of thioether (sulfide) groups is 1. The van der Waals surface area contributed by atoms with Crippen LogP contribution in [0, 0.1) is 11.8 Å². The second-order valence-electron chi connectivity index (χ2n) is 5.04. The van der Waals surface area contributed by atoms with Gasteiger partial charge in [0.2, 0.25) is 0 Å². The lowest BCUT2D eigenvalue weighted by Gasteiger charge is -2.40. The second-order valence-corrected chi connectivity index (χ2v) is 6.66. The van der Waals surface area contributed by atoms with E-state index in [0.717, 1.165) is 11.8 Å². The van der Waals surface area contributed by atoms with Gasteiger partial charge >= 0.3 is 0 Å². The zero-order valence-corrected chi connectivity index (χ0v) is 11.2. The summed E-state index contributed by atoms with van der Waals surface area (Å²) in [5, 5.41) is 13.6. The first-order valence-electron chi connectivity index (χ1n) is 6.02. The van der Waals surface area contributed by atoms with Crippen LogP contribution in [0.5, 0.6) is 0 Å². The minimum absolute atomic E-state index is 0.292. The molecule has 5 unspecified atom stereocenters. The molecule has 90 valence electrons. The Morgan fingerprint density at radius 1 is 1.40 bits per heavy atom. The van der Waals surface area contributed by atoms with Gasteiger partial charge in [-0.2, -0.15) is 11.8 Å². The van der Waals surface area contributed by atoms with E-state index in [0.29, 0.717) is 23.1 Å². The number of aliphatic hydroxyl groups excluding tert-OH is 1. The van der Waals surface area contributed by atoms with Gasteiger partial charge in [-0.15, -0.1) is 0 Å². The summed E-state index contributed by atoms with van der Waals surface area (Å²) in [6.07, 6.45) is 2.60. The van der Waals surface area contributed by atoms with Crippen molar-refractivity contribution in [2.24, 2.45) is 11.8 Å². The second kappa shape index (κ2) is 6.12. The normalized spacial score (nSPS) is 39.0. The number of rotatable bonds is 4. The maximum Gasteiger partial charge on any atom is 0.0547 e. The van der Waals surface area contributed by atoms with Gasteiger partial charge in [0, 0.05) is 16.5 Å². The third kappa shape index (κ3) is 3.65. The van der Waals surface area contributed by atoms with Crippen molar-refractivity contribution in [3.05, 3.63) is 0 Å². The predicted octanol–water partition coefficient (Wildman–Crippen LogP) is 2.12. The molecule has 0 saturated heterocycles. The van der Waals surface area contributed by atoms with E-state index in [1.807, 2.05) is 11.8 Å². The molecule has 1 rings (SSSR count). The molecule has 0 amide bonds. The minimum atomic E-state index is 0.292. The van der Waals surface area contributed by atoms with Crippen LogP contribution >= 0.6 is 11.8 Å². The highest BCUT2D eigenvalue weighted by Crippen LogP contribution is 2.37. The Morgan fingerprint density at radius 3 is 2.60 bits per heavy atom. The summed E-state index contributed by atoms with van der Waals surface area (Å²) < 4.78 is 0. The lowest BCUT2D eigenvalue weighted by Crippen LogP contribution is -2.45. The Bertz CT molecular complexity index is 188. The summed E-state index contributed by atoms with van der Waals surface area (Å²) >= 11 is 1.95. The van der Waals surface area contributed by atoms with Crippen LogP contribution in [0.25, 0.3) is 0 Å². The monoisotopic (exact) mass is 231 g/mol. The van der Waals surface area contributed by atoms with Crippen molar-refractivity contribution in [3.8, 4) is 0 Å². The van der Waals surface area contributed by atoms with E-state index in [9.17, 15) is 0 Å². The highest BCUT2D eigenvalue weighted by molar-refractivity contribution is 8.00. The highest BCUT2D eigenvalue weighted by atomic mass is 32.2. The molecule has 1 fully saturated rings. The molecule has 0 bridgehead atoms. The highest BCUT2D eigenvalue weighted by Gasteiger charge is 2.34. The van der Waals surface area contributed by atoms with E-state index in [1.54, 1.807) is 0 Å². The van der Waals surface area contributed by atoms with Crippen LogP contribution in [0.1, 0.15) is 33.6 Å². The van der Waals surface area contributed by atoms with E-state index < -0.39 is 0 Å². The van der Waals surface area contributed by atoms with Crippen molar-refractivity contribution in [2.45, 2.75) is 50.2 Å². The van der Waals surface area contributed by atoms with Crippen LogP contribution in [0.4, 0.5) is 0 Å². The molecule has 0 aromatic carbocycles. The average Bonchev–Trinajstić information content (AvgIpc) is 2.21. The average molecular weight is 231 g/mol. The van der Waals surface area contributed by atoms with Crippen LogP contribution in [0.3, 0.4) is 0 Å². The fourth-order valence-electron chi connectivity index (χ4n) is 2.65. The molecule has 0 spiro atoms. The molecule has 2 nitrogen and oxygen atoms in total. The SMILES string of the molecule is CNC1CC(C)CC(C)C1SC(C)CO. The maximum atomic E-state index is 9.12. The largest absolute Gasteiger partial charge is 0.395 e. The Balaban J connectivity index is 2.57. The first-order valence-corrected chi connectivity index (χ1v) is 6.96. The molecule has 1 aliphatic rings. The van der Waals surface area contributed by atoms with Crippen molar-refractivity contribution in [3.63, 3.8) is 0 Å². The molecular formula is C12H25NOS. The first-order chi connectivity index (χ1) is 7.08. The van der Waals surface area contributed by atoms with Crippen LogP contribution in [-0.2, 0) is 0 Å². The Labute approximate surface area is 98.2 Å². The van der Waals surface area contributed by atoms with Gasteiger partial charge in [-0.1, -0.05) is 20.8 Å². The molecule has 2 N–H and O–H groups in total. The quantitative estimate of drug-likeness (QED) is 0.777. The molecule has 0 heterocycles. The molecule has 0 aromatic heterocycles. The van der Waals surface area contributed by atoms with Crippen LogP contribution in [0.15, 0.2) is 0 Å². The van der Waals surface area contributed by atoms with E-state index in [2.05, 4.69) is 33.1 Å². The van der Waals surface area contributed by atoms with Gasteiger partial charge in [0.15, 0.2) is 0 Å². The van der Waals surface area contributed by atoms with Gasteiger partial charge < -0.3 is 10.4 Å². The number of nitrogens with one attached hydrogen (secondary N) is 1. The summed E-state index contributed by atoms with van der Waals surface area (Å²) in [5.74, 6) is 1.59. The van der Waals surface area contributed by atoms with Crippen LogP contribution in [0.2, 0.25) is 0 Å². The number of hydrogen-bond donors (Lipinski definition) is 2. The summed E-state index contributed by atoms with van der Waals surface area (Å²) in [6.45, 7) is 7.10. The predicted molar refractivity (Wildman–Crippen MR) is 68.3 cm³/mol.